The highest BCUT2D eigenvalue weighted by Crippen LogP contribution is 2.34. The minimum absolute atomic E-state index is 0.0105. The van der Waals surface area contributed by atoms with Crippen molar-refractivity contribution in [3.8, 4) is 0 Å². The number of aromatic nitrogens is 1. The van der Waals surface area contributed by atoms with Gasteiger partial charge >= 0.3 is 0 Å². The molecule has 1 aromatic carbocycles. The van der Waals surface area contributed by atoms with Crippen molar-refractivity contribution >= 4 is 16.6 Å². The van der Waals surface area contributed by atoms with E-state index >= 15 is 0 Å². The molecule has 3 rings (SSSR count). The lowest BCUT2D eigenvalue weighted by molar-refractivity contribution is 0.153. The van der Waals surface area contributed by atoms with E-state index in [4.69, 9.17) is 5.73 Å². The van der Waals surface area contributed by atoms with Crippen LogP contribution in [0, 0.1) is 5.92 Å². The van der Waals surface area contributed by atoms with Crippen molar-refractivity contribution in [1.29, 1.82) is 0 Å². The van der Waals surface area contributed by atoms with Gasteiger partial charge in [0, 0.05) is 42.0 Å². The van der Waals surface area contributed by atoms with Gasteiger partial charge in [0.05, 0.1) is 5.52 Å². The van der Waals surface area contributed by atoms with Gasteiger partial charge in [-0.15, -0.1) is 0 Å². The van der Waals surface area contributed by atoms with E-state index in [1.54, 1.807) is 18.3 Å². The first-order valence-corrected chi connectivity index (χ1v) is 7.22. The quantitative estimate of drug-likeness (QED) is 0.922. The SMILES string of the molecule is C[C@H]1C[C@@H](N)CN(c2ccc(C(F)F)c3ncccc23)C1. The van der Waals surface area contributed by atoms with E-state index in [9.17, 15) is 8.78 Å². The summed E-state index contributed by atoms with van der Waals surface area (Å²) in [4.78, 5) is 6.35. The zero-order valence-electron chi connectivity index (χ0n) is 12.0. The van der Waals surface area contributed by atoms with Gasteiger partial charge < -0.3 is 10.6 Å². The van der Waals surface area contributed by atoms with Gasteiger partial charge in [-0.1, -0.05) is 6.92 Å². The van der Waals surface area contributed by atoms with Crippen LogP contribution in [-0.4, -0.2) is 24.1 Å². The Labute approximate surface area is 122 Å². The van der Waals surface area contributed by atoms with Gasteiger partial charge in [0.25, 0.3) is 6.43 Å². The first kappa shape index (κ1) is 14.2. The van der Waals surface area contributed by atoms with Crippen LogP contribution in [0.4, 0.5) is 14.5 Å². The Kier molecular flexibility index (Phi) is 3.76. The zero-order chi connectivity index (χ0) is 15.0. The second kappa shape index (κ2) is 5.56. The number of hydrogen-bond donors (Lipinski definition) is 1. The molecule has 2 aromatic rings. The van der Waals surface area contributed by atoms with Gasteiger partial charge in [0.1, 0.15) is 0 Å². The third-order valence-corrected chi connectivity index (χ3v) is 4.05. The fraction of sp³-hybridized carbons (Fsp3) is 0.438. The topological polar surface area (TPSA) is 42.1 Å². The number of nitrogens with two attached hydrogens (primary N) is 1. The number of benzene rings is 1. The van der Waals surface area contributed by atoms with Gasteiger partial charge in [-0.2, -0.15) is 0 Å². The number of rotatable bonds is 2. The molecule has 3 nitrogen and oxygen atoms in total. The lowest BCUT2D eigenvalue weighted by Gasteiger charge is -2.37. The molecule has 0 spiro atoms. The molecule has 1 aromatic heterocycles. The minimum atomic E-state index is -2.51. The first-order chi connectivity index (χ1) is 10.1. The first-order valence-electron chi connectivity index (χ1n) is 7.22. The summed E-state index contributed by atoms with van der Waals surface area (Å²) in [5.41, 5.74) is 7.42. The molecule has 1 fully saturated rings. The average Bonchev–Trinajstić information content (AvgIpc) is 2.44. The number of pyridine rings is 1. The van der Waals surface area contributed by atoms with E-state index in [2.05, 4.69) is 16.8 Å². The molecule has 0 bridgehead atoms. The zero-order valence-corrected chi connectivity index (χ0v) is 12.0. The third-order valence-electron chi connectivity index (χ3n) is 4.05. The van der Waals surface area contributed by atoms with E-state index in [-0.39, 0.29) is 11.6 Å². The van der Waals surface area contributed by atoms with E-state index in [0.29, 0.717) is 11.4 Å². The van der Waals surface area contributed by atoms with Crippen molar-refractivity contribution in [3.05, 3.63) is 36.0 Å². The second-order valence-corrected chi connectivity index (χ2v) is 5.88. The number of alkyl halides is 2. The summed E-state index contributed by atoms with van der Waals surface area (Å²) >= 11 is 0. The van der Waals surface area contributed by atoms with Crippen molar-refractivity contribution in [2.75, 3.05) is 18.0 Å². The highest BCUT2D eigenvalue weighted by molar-refractivity contribution is 5.94. The molecule has 5 heteroatoms. The van der Waals surface area contributed by atoms with E-state index in [1.165, 1.54) is 6.07 Å². The molecule has 0 radical (unpaired) electrons. The monoisotopic (exact) mass is 291 g/mol. The fourth-order valence-corrected chi connectivity index (χ4v) is 3.23. The van der Waals surface area contributed by atoms with Crippen LogP contribution in [0.5, 0.6) is 0 Å². The van der Waals surface area contributed by atoms with Crippen molar-refractivity contribution in [2.24, 2.45) is 11.7 Å². The standard InChI is InChI=1S/C16H19F2N3/c1-10-7-11(19)9-21(8-10)14-5-4-13(16(17)18)15-12(14)3-2-6-20-15/h2-6,10-11,16H,7-9,19H2,1H3/t10-,11+/m0/s1. The molecular formula is C16H19F2N3. The van der Waals surface area contributed by atoms with Crippen LogP contribution in [0.15, 0.2) is 30.5 Å². The van der Waals surface area contributed by atoms with Gasteiger partial charge in [-0.3, -0.25) is 4.98 Å². The Hall–Kier alpha value is -1.75. The predicted molar refractivity (Wildman–Crippen MR) is 80.7 cm³/mol. The summed E-state index contributed by atoms with van der Waals surface area (Å²) < 4.78 is 26.2. The van der Waals surface area contributed by atoms with Crippen LogP contribution in [0.2, 0.25) is 0 Å². The fourth-order valence-electron chi connectivity index (χ4n) is 3.23. The number of nitrogens with zero attached hydrogens (tertiary/aromatic N) is 2. The number of anilines is 1. The summed E-state index contributed by atoms with van der Waals surface area (Å²) in [5, 5.41) is 0.775. The van der Waals surface area contributed by atoms with Crippen LogP contribution in [0.25, 0.3) is 10.9 Å². The summed E-state index contributed by atoms with van der Waals surface area (Å²) in [6, 6.07) is 7.02. The third kappa shape index (κ3) is 2.70. The summed E-state index contributed by atoms with van der Waals surface area (Å²) in [7, 11) is 0. The molecule has 0 amide bonds. The molecule has 0 saturated carbocycles. The predicted octanol–water partition coefficient (Wildman–Crippen LogP) is 3.35. The van der Waals surface area contributed by atoms with Crippen molar-refractivity contribution in [2.45, 2.75) is 25.8 Å². The molecule has 1 saturated heterocycles. The van der Waals surface area contributed by atoms with Gasteiger partial charge in [-0.25, -0.2) is 8.78 Å². The lowest BCUT2D eigenvalue weighted by atomic mass is 9.95. The molecule has 21 heavy (non-hydrogen) atoms. The van der Waals surface area contributed by atoms with Crippen LogP contribution in [0.1, 0.15) is 25.3 Å². The molecule has 2 heterocycles. The van der Waals surface area contributed by atoms with Crippen LogP contribution < -0.4 is 10.6 Å². The molecule has 0 aliphatic carbocycles. The Balaban J connectivity index is 2.09. The molecule has 1 aliphatic rings. The summed E-state index contributed by atoms with van der Waals surface area (Å²) in [6.07, 6.45) is 0.0451. The van der Waals surface area contributed by atoms with E-state index in [1.807, 2.05) is 6.07 Å². The van der Waals surface area contributed by atoms with Gasteiger partial charge in [0.15, 0.2) is 0 Å². The maximum absolute atomic E-state index is 13.1. The molecule has 2 atom stereocenters. The van der Waals surface area contributed by atoms with E-state index < -0.39 is 6.43 Å². The summed E-state index contributed by atoms with van der Waals surface area (Å²) in [6.45, 7) is 3.81. The Morgan fingerprint density at radius 2 is 2.10 bits per heavy atom. The average molecular weight is 291 g/mol. The molecular weight excluding hydrogens is 272 g/mol. The lowest BCUT2D eigenvalue weighted by Crippen LogP contribution is -2.46. The molecule has 0 unspecified atom stereocenters. The second-order valence-electron chi connectivity index (χ2n) is 5.88. The van der Waals surface area contributed by atoms with Crippen molar-refractivity contribution in [1.82, 2.24) is 4.98 Å². The number of hydrogen-bond acceptors (Lipinski definition) is 3. The Morgan fingerprint density at radius 3 is 2.81 bits per heavy atom. The highest BCUT2D eigenvalue weighted by Gasteiger charge is 2.24. The summed E-state index contributed by atoms with van der Waals surface area (Å²) in [5.74, 6) is 0.496. The van der Waals surface area contributed by atoms with Crippen molar-refractivity contribution in [3.63, 3.8) is 0 Å². The number of fused-ring (bicyclic) bond motifs is 1. The normalized spacial score (nSPS) is 23.0. The number of halogens is 2. The Bertz CT molecular complexity index is 634. The molecule has 1 aliphatic heterocycles. The molecule has 112 valence electrons. The highest BCUT2D eigenvalue weighted by atomic mass is 19.3. The smallest absolute Gasteiger partial charge is 0.265 e. The van der Waals surface area contributed by atoms with Gasteiger partial charge in [-0.05, 0) is 36.6 Å². The van der Waals surface area contributed by atoms with Crippen LogP contribution in [-0.2, 0) is 0 Å². The maximum Gasteiger partial charge on any atom is 0.265 e. The van der Waals surface area contributed by atoms with Crippen molar-refractivity contribution < 1.29 is 8.78 Å². The van der Waals surface area contributed by atoms with Gasteiger partial charge in [0.2, 0.25) is 0 Å². The maximum atomic E-state index is 13.1. The molecule has 2 N–H and O–H groups in total. The van der Waals surface area contributed by atoms with E-state index in [0.717, 1.165) is 30.6 Å². The van der Waals surface area contributed by atoms with Crippen LogP contribution >= 0.6 is 0 Å². The van der Waals surface area contributed by atoms with Crippen LogP contribution in [0.3, 0.4) is 0 Å². The number of piperidine rings is 1. The minimum Gasteiger partial charge on any atom is -0.369 e. The largest absolute Gasteiger partial charge is 0.369 e. The Morgan fingerprint density at radius 1 is 1.29 bits per heavy atom.